The van der Waals surface area contributed by atoms with Gasteiger partial charge in [-0.25, -0.2) is 4.79 Å². The van der Waals surface area contributed by atoms with E-state index in [-0.39, 0.29) is 18.0 Å². The number of rotatable bonds is 5. The normalized spacial score (nSPS) is 24.9. The Hall–Kier alpha value is -3.61. The molecule has 3 amide bonds. The minimum atomic E-state index is -0.785. The van der Waals surface area contributed by atoms with E-state index in [4.69, 9.17) is 11.2 Å². The number of terminal acetylenes is 1. The molecule has 3 aliphatic rings. The number of urea groups is 1. The summed E-state index contributed by atoms with van der Waals surface area (Å²) in [5.74, 6) is 2.26. The van der Waals surface area contributed by atoms with Gasteiger partial charge in [-0.15, -0.1) is 11.5 Å². The predicted molar refractivity (Wildman–Crippen MR) is 114 cm³/mol. The number of nitrogens with one attached hydrogen (secondary N) is 2. The standard InChI is InChI=1S/C21H27N7O3/c1-6-14-10-22-21(3)17(23-16-12-25(4)24-19(16)31-5)13-27(20(30)28(14)21)15-8-9-26(11-15)18(29)7-2/h2,10,12-13,15,22-23H,6,8-9,11H2,1,3-5H3. The lowest BCUT2D eigenvalue weighted by atomic mass is 10.0. The highest BCUT2D eigenvalue weighted by molar-refractivity contribution is 5.93. The monoisotopic (exact) mass is 425 g/mol. The topological polar surface area (TPSA) is 95.0 Å². The number of fused-ring (bicyclic) bond motifs is 1. The molecule has 4 heterocycles. The fourth-order valence-electron chi connectivity index (χ4n) is 4.36. The van der Waals surface area contributed by atoms with Gasteiger partial charge in [0.15, 0.2) is 5.66 Å². The Kier molecular flexibility index (Phi) is 5.05. The molecule has 3 aliphatic heterocycles. The summed E-state index contributed by atoms with van der Waals surface area (Å²) >= 11 is 0. The first kappa shape index (κ1) is 20.7. The minimum absolute atomic E-state index is 0.135. The maximum Gasteiger partial charge on any atom is 0.330 e. The van der Waals surface area contributed by atoms with Crippen LogP contribution in [0.1, 0.15) is 26.7 Å². The van der Waals surface area contributed by atoms with Crippen molar-refractivity contribution in [3.8, 4) is 18.2 Å². The van der Waals surface area contributed by atoms with Gasteiger partial charge < -0.3 is 20.3 Å². The van der Waals surface area contributed by atoms with Crippen LogP contribution in [0.15, 0.2) is 30.0 Å². The zero-order chi connectivity index (χ0) is 22.3. The second kappa shape index (κ2) is 7.58. The van der Waals surface area contributed by atoms with E-state index in [1.165, 1.54) is 0 Å². The molecule has 31 heavy (non-hydrogen) atoms. The molecule has 10 heteroatoms. The lowest BCUT2D eigenvalue weighted by molar-refractivity contribution is -0.124. The third-order valence-electron chi connectivity index (χ3n) is 6.05. The van der Waals surface area contributed by atoms with Gasteiger partial charge in [0.25, 0.3) is 11.8 Å². The van der Waals surface area contributed by atoms with Gasteiger partial charge in [-0.1, -0.05) is 6.92 Å². The highest BCUT2D eigenvalue weighted by Gasteiger charge is 2.50. The Balaban J connectivity index is 1.71. The number of aromatic nitrogens is 2. The molecule has 0 radical (unpaired) electrons. The lowest BCUT2D eigenvalue weighted by Gasteiger charge is -2.46. The molecule has 0 aromatic carbocycles. The number of hydrogen-bond donors (Lipinski definition) is 2. The van der Waals surface area contributed by atoms with Gasteiger partial charge in [-0.2, -0.15) is 0 Å². The van der Waals surface area contributed by atoms with E-state index in [0.717, 1.165) is 11.4 Å². The number of carbonyl (C=O) groups excluding carboxylic acids is 2. The van der Waals surface area contributed by atoms with Crippen molar-refractivity contribution in [2.45, 2.75) is 38.4 Å². The van der Waals surface area contributed by atoms with Gasteiger partial charge in [-0.05, 0) is 25.7 Å². The van der Waals surface area contributed by atoms with Crippen LogP contribution in [0.3, 0.4) is 0 Å². The fraction of sp³-hybridized carbons (Fsp3) is 0.476. The Bertz CT molecular complexity index is 1020. The summed E-state index contributed by atoms with van der Waals surface area (Å²) in [7, 11) is 3.37. The number of hydrogen-bond acceptors (Lipinski definition) is 6. The van der Waals surface area contributed by atoms with Crippen molar-refractivity contribution in [3.05, 3.63) is 30.0 Å². The smallest absolute Gasteiger partial charge is 0.330 e. The molecular formula is C21H27N7O3. The summed E-state index contributed by atoms with van der Waals surface area (Å²) in [6.07, 6.45) is 12.1. The van der Waals surface area contributed by atoms with Crippen LogP contribution in [0.2, 0.25) is 0 Å². The molecule has 0 aliphatic carbocycles. The Morgan fingerprint density at radius 1 is 1.52 bits per heavy atom. The summed E-state index contributed by atoms with van der Waals surface area (Å²) in [4.78, 5) is 30.6. The van der Waals surface area contributed by atoms with Crippen molar-refractivity contribution >= 4 is 17.6 Å². The largest absolute Gasteiger partial charge is 0.478 e. The molecule has 2 N–H and O–H groups in total. The number of aryl methyl sites for hydroxylation is 1. The van der Waals surface area contributed by atoms with E-state index < -0.39 is 5.66 Å². The van der Waals surface area contributed by atoms with Crippen molar-refractivity contribution in [2.75, 3.05) is 25.5 Å². The fourth-order valence-corrected chi connectivity index (χ4v) is 4.36. The molecule has 0 spiro atoms. The number of methoxy groups -OCH3 is 1. The second-order valence-corrected chi connectivity index (χ2v) is 7.96. The SMILES string of the molecule is C#CC(=O)N1CCC(N2C=C(Nc3cn(C)nc3OC)C3(C)NC=C(CC)N3C2=O)C1. The van der Waals surface area contributed by atoms with Gasteiger partial charge >= 0.3 is 6.03 Å². The zero-order valence-electron chi connectivity index (χ0n) is 18.2. The molecule has 1 saturated heterocycles. The van der Waals surface area contributed by atoms with Gasteiger partial charge in [-0.3, -0.25) is 19.3 Å². The maximum absolute atomic E-state index is 13.6. The number of ether oxygens (including phenoxy) is 1. The minimum Gasteiger partial charge on any atom is -0.478 e. The van der Waals surface area contributed by atoms with Crippen molar-refractivity contribution in [1.29, 1.82) is 0 Å². The second-order valence-electron chi connectivity index (χ2n) is 7.96. The quantitative estimate of drug-likeness (QED) is 0.689. The number of nitrogens with zero attached hydrogens (tertiary/aromatic N) is 5. The van der Waals surface area contributed by atoms with Crippen LogP contribution in [0.5, 0.6) is 5.88 Å². The molecule has 1 aromatic heterocycles. The number of amides is 3. The molecule has 4 rings (SSSR count). The third kappa shape index (κ3) is 3.26. The maximum atomic E-state index is 13.6. The average molecular weight is 425 g/mol. The summed E-state index contributed by atoms with van der Waals surface area (Å²) in [6, 6.07) is -0.301. The van der Waals surface area contributed by atoms with Crippen LogP contribution < -0.4 is 15.4 Å². The van der Waals surface area contributed by atoms with E-state index in [9.17, 15) is 9.59 Å². The van der Waals surface area contributed by atoms with Gasteiger partial charge in [0.2, 0.25) is 0 Å². The zero-order valence-corrected chi connectivity index (χ0v) is 18.2. The third-order valence-corrected chi connectivity index (χ3v) is 6.05. The van der Waals surface area contributed by atoms with E-state index in [2.05, 4.69) is 21.7 Å². The van der Waals surface area contributed by atoms with Crippen molar-refractivity contribution < 1.29 is 14.3 Å². The van der Waals surface area contributed by atoms with E-state index in [1.807, 2.05) is 39.5 Å². The van der Waals surface area contributed by atoms with Gasteiger partial charge in [0, 0.05) is 38.2 Å². The first-order valence-corrected chi connectivity index (χ1v) is 10.2. The molecule has 2 atom stereocenters. The van der Waals surface area contributed by atoms with Gasteiger partial charge in [0.05, 0.1) is 25.0 Å². The molecule has 1 aromatic rings. The summed E-state index contributed by atoms with van der Waals surface area (Å²) in [5.41, 5.74) is 1.55. The highest BCUT2D eigenvalue weighted by Crippen LogP contribution is 2.39. The van der Waals surface area contributed by atoms with Crippen LogP contribution in [0.25, 0.3) is 0 Å². The number of allylic oxidation sites excluding steroid dienone is 1. The van der Waals surface area contributed by atoms with Crippen molar-refractivity contribution in [2.24, 2.45) is 7.05 Å². The molecule has 1 fully saturated rings. The molecule has 0 saturated carbocycles. The predicted octanol–water partition coefficient (Wildman–Crippen LogP) is 1.22. The van der Waals surface area contributed by atoms with Crippen LogP contribution in [-0.4, -0.2) is 68.3 Å². The van der Waals surface area contributed by atoms with Crippen molar-refractivity contribution in [3.63, 3.8) is 0 Å². The van der Waals surface area contributed by atoms with E-state index in [0.29, 0.717) is 37.5 Å². The van der Waals surface area contributed by atoms with Crippen LogP contribution in [0.4, 0.5) is 10.5 Å². The molecule has 2 unspecified atom stereocenters. The van der Waals surface area contributed by atoms with E-state index in [1.54, 1.807) is 26.5 Å². The average Bonchev–Trinajstić information content (AvgIpc) is 3.46. The van der Waals surface area contributed by atoms with Crippen molar-refractivity contribution in [1.82, 2.24) is 29.8 Å². The molecule has 10 nitrogen and oxygen atoms in total. The number of likely N-dealkylation sites (tertiary alicyclic amines) is 1. The summed E-state index contributed by atoms with van der Waals surface area (Å²) in [6.45, 7) is 4.88. The molecule has 164 valence electrons. The first-order chi connectivity index (χ1) is 14.8. The van der Waals surface area contributed by atoms with Crippen LogP contribution >= 0.6 is 0 Å². The Morgan fingerprint density at radius 3 is 2.97 bits per heavy atom. The Morgan fingerprint density at radius 2 is 2.29 bits per heavy atom. The van der Waals surface area contributed by atoms with Crippen LogP contribution in [-0.2, 0) is 11.8 Å². The van der Waals surface area contributed by atoms with E-state index >= 15 is 0 Å². The number of carbonyl (C=O) groups is 2. The Labute approximate surface area is 181 Å². The first-order valence-electron chi connectivity index (χ1n) is 10.2. The highest BCUT2D eigenvalue weighted by atomic mass is 16.5. The number of anilines is 1. The van der Waals surface area contributed by atoms with Crippen LogP contribution in [0, 0.1) is 12.3 Å². The summed E-state index contributed by atoms with van der Waals surface area (Å²) in [5, 5.41) is 11.1. The lowest BCUT2D eigenvalue weighted by Crippen LogP contribution is -2.62. The van der Waals surface area contributed by atoms with Gasteiger partial charge in [0.1, 0.15) is 5.69 Å². The summed E-state index contributed by atoms with van der Waals surface area (Å²) < 4.78 is 7.04. The molecular weight excluding hydrogens is 398 g/mol. The molecule has 0 bridgehead atoms.